The predicted octanol–water partition coefficient (Wildman–Crippen LogP) is 2.45. The Bertz CT molecular complexity index is 737. The van der Waals surface area contributed by atoms with Gasteiger partial charge in [-0.3, -0.25) is 9.59 Å². The number of ether oxygens (including phenoxy) is 1. The number of methoxy groups -OCH3 is 1. The predicted molar refractivity (Wildman–Crippen MR) is 80.0 cm³/mol. The summed E-state index contributed by atoms with van der Waals surface area (Å²) in [5, 5.41) is 0. The Labute approximate surface area is 123 Å². The van der Waals surface area contributed by atoms with Crippen LogP contribution in [-0.2, 0) is 11.2 Å². The highest BCUT2D eigenvalue weighted by atomic mass is 16.5. The number of hydrogen-bond acceptors (Lipinski definition) is 3. The molecule has 2 aromatic rings. The Morgan fingerprint density at radius 3 is 2.71 bits per heavy atom. The third-order valence-corrected chi connectivity index (χ3v) is 3.77. The first-order valence-corrected chi connectivity index (χ1v) is 6.69. The lowest BCUT2D eigenvalue weighted by molar-refractivity contribution is -0.117. The van der Waals surface area contributed by atoms with Crippen LogP contribution in [-0.4, -0.2) is 25.8 Å². The topological polar surface area (TPSA) is 46.6 Å². The number of amides is 1. The highest BCUT2D eigenvalue weighted by Gasteiger charge is 2.25. The van der Waals surface area contributed by atoms with Gasteiger partial charge in [0.05, 0.1) is 19.1 Å². The number of hydrogen-bond donors (Lipinski definition) is 0. The number of para-hydroxylation sites is 1. The minimum atomic E-state index is -0.0998. The Hall–Kier alpha value is -2.62. The summed E-state index contributed by atoms with van der Waals surface area (Å²) in [6.45, 7) is 0. The summed E-state index contributed by atoms with van der Waals surface area (Å²) in [6.07, 6.45) is 0.346. The number of carbonyl (C=O) groups excluding carboxylic acids is 2. The van der Waals surface area contributed by atoms with Gasteiger partial charge in [0.1, 0.15) is 5.75 Å². The summed E-state index contributed by atoms with van der Waals surface area (Å²) in [5.74, 6) is 0.500. The molecule has 1 heterocycles. The molecule has 21 heavy (non-hydrogen) atoms. The van der Waals surface area contributed by atoms with E-state index < -0.39 is 0 Å². The van der Waals surface area contributed by atoms with Crippen LogP contribution < -0.4 is 9.64 Å². The molecule has 1 aliphatic heterocycles. The highest BCUT2D eigenvalue weighted by molar-refractivity contribution is 6.12. The van der Waals surface area contributed by atoms with Gasteiger partial charge in [-0.25, -0.2) is 0 Å². The number of carbonyl (C=O) groups is 2. The van der Waals surface area contributed by atoms with Crippen molar-refractivity contribution in [3.8, 4) is 5.75 Å². The van der Waals surface area contributed by atoms with Crippen LogP contribution in [0.4, 0.5) is 5.69 Å². The van der Waals surface area contributed by atoms with Gasteiger partial charge in [-0.05, 0) is 35.9 Å². The number of benzene rings is 2. The quantitative estimate of drug-likeness (QED) is 0.812. The SMILES string of the molecule is COc1ccccc1C(=O)c1ccc2c(c1)CC(=O)N2C. The maximum atomic E-state index is 12.6. The van der Waals surface area contributed by atoms with Gasteiger partial charge >= 0.3 is 0 Å². The summed E-state index contributed by atoms with van der Waals surface area (Å²) >= 11 is 0. The Balaban J connectivity index is 2.00. The van der Waals surface area contributed by atoms with Crippen LogP contribution in [0.5, 0.6) is 5.75 Å². The monoisotopic (exact) mass is 281 g/mol. The Morgan fingerprint density at radius 1 is 1.19 bits per heavy atom. The lowest BCUT2D eigenvalue weighted by Gasteiger charge is -2.11. The van der Waals surface area contributed by atoms with Crippen molar-refractivity contribution in [1.29, 1.82) is 0 Å². The van der Waals surface area contributed by atoms with Crippen LogP contribution in [0.25, 0.3) is 0 Å². The van der Waals surface area contributed by atoms with E-state index in [1.54, 1.807) is 49.4 Å². The van der Waals surface area contributed by atoms with Crippen molar-refractivity contribution in [3.05, 3.63) is 59.2 Å². The van der Waals surface area contributed by atoms with E-state index in [9.17, 15) is 9.59 Å². The molecule has 4 nitrogen and oxygen atoms in total. The standard InChI is InChI=1S/C17H15NO3/c1-18-14-8-7-11(9-12(14)10-16(18)19)17(20)13-5-3-4-6-15(13)21-2/h3-9H,10H2,1-2H3. The van der Waals surface area contributed by atoms with Crippen LogP contribution in [0.3, 0.4) is 0 Å². The molecule has 1 aliphatic rings. The molecule has 0 atom stereocenters. The van der Waals surface area contributed by atoms with Crippen LogP contribution in [0.2, 0.25) is 0 Å². The summed E-state index contributed by atoms with van der Waals surface area (Å²) in [7, 11) is 3.29. The second-order valence-corrected chi connectivity index (χ2v) is 5.00. The molecule has 4 heteroatoms. The second-order valence-electron chi connectivity index (χ2n) is 5.00. The molecule has 0 saturated heterocycles. The van der Waals surface area contributed by atoms with Gasteiger partial charge in [-0.15, -0.1) is 0 Å². The summed E-state index contributed by atoms with van der Waals surface area (Å²) in [5.41, 5.74) is 2.86. The maximum absolute atomic E-state index is 12.6. The van der Waals surface area contributed by atoms with Gasteiger partial charge in [0.2, 0.25) is 5.91 Å². The summed E-state index contributed by atoms with van der Waals surface area (Å²) in [6, 6.07) is 12.5. The van der Waals surface area contributed by atoms with E-state index in [2.05, 4.69) is 0 Å². The Kier molecular flexibility index (Phi) is 3.22. The molecule has 0 N–H and O–H groups in total. The minimum Gasteiger partial charge on any atom is -0.496 e. The van der Waals surface area contributed by atoms with Crippen molar-refractivity contribution < 1.29 is 14.3 Å². The fourth-order valence-corrected chi connectivity index (χ4v) is 2.60. The highest BCUT2D eigenvalue weighted by Crippen LogP contribution is 2.30. The van der Waals surface area contributed by atoms with E-state index in [1.165, 1.54) is 0 Å². The molecule has 0 spiro atoms. The van der Waals surface area contributed by atoms with Crippen LogP contribution in [0.1, 0.15) is 21.5 Å². The zero-order chi connectivity index (χ0) is 15.0. The Morgan fingerprint density at radius 2 is 1.95 bits per heavy atom. The third kappa shape index (κ3) is 2.18. The fraction of sp³-hybridized carbons (Fsp3) is 0.176. The first kappa shape index (κ1) is 13.4. The normalized spacial score (nSPS) is 13.2. The van der Waals surface area contributed by atoms with Crippen molar-refractivity contribution >= 4 is 17.4 Å². The molecule has 2 aromatic carbocycles. The first-order valence-electron chi connectivity index (χ1n) is 6.69. The number of anilines is 1. The van der Waals surface area contributed by atoms with E-state index in [0.717, 1.165) is 11.3 Å². The molecule has 0 radical (unpaired) electrons. The smallest absolute Gasteiger partial charge is 0.231 e. The molecule has 0 saturated carbocycles. The summed E-state index contributed by atoms with van der Waals surface area (Å²) in [4.78, 5) is 25.9. The van der Waals surface area contributed by atoms with Crippen molar-refractivity contribution in [1.82, 2.24) is 0 Å². The van der Waals surface area contributed by atoms with Crippen LogP contribution in [0, 0.1) is 0 Å². The largest absolute Gasteiger partial charge is 0.496 e. The zero-order valence-electron chi connectivity index (χ0n) is 11.9. The molecule has 1 amide bonds. The number of rotatable bonds is 3. The van der Waals surface area contributed by atoms with Crippen molar-refractivity contribution in [2.24, 2.45) is 0 Å². The van der Waals surface area contributed by atoms with E-state index in [0.29, 0.717) is 23.3 Å². The first-order chi connectivity index (χ1) is 10.1. The molecule has 0 aliphatic carbocycles. The van der Waals surface area contributed by atoms with E-state index >= 15 is 0 Å². The van der Waals surface area contributed by atoms with Gasteiger partial charge < -0.3 is 9.64 Å². The third-order valence-electron chi connectivity index (χ3n) is 3.77. The van der Waals surface area contributed by atoms with Gasteiger partial charge in [0, 0.05) is 18.3 Å². The molecule has 0 unspecified atom stereocenters. The van der Waals surface area contributed by atoms with Gasteiger partial charge in [-0.1, -0.05) is 12.1 Å². The van der Waals surface area contributed by atoms with E-state index in [-0.39, 0.29) is 11.7 Å². The van der Waals surface area contributed by atoms with Crippen molar-refractivity contribution in [3.63, 3.8) is 0 Å². The summed E-state index contributed by atoms with van der Waals surface area (Å²) < 4.78 is 5.23. The van der Waals surface area contributed by atoms with Crippen LogP contribution in [0.15, 0.2) is 42.5 Å². The second kappa shape index (κ2) is 5.05. The molecular weight excluding hydrogens is 266 g/mol. The number of fused-ring (bicyclic) bond motifs is 1. The fourth-order valence-electron chi connectivity index (χ4n) is 2.60. The molecule has 0 bridgehead atoms. The molecule has 0 aromatic heterocycles. The number of likely N-dealkylation sites (N-methyl/N-ethyl adjacent to an activating group) is 1. The van der Waals surface area contributed by atoms with Gasteiger partial charge in [0.25, 0.3) is 0 Å². The molecule has 106 valence electrons. The van der Waals surface area contributed by atoms with E-state index in [4.69, 9.17) is 4.74 Å². The molecule has 3 rings (SSSR count). The maximum Gasteiger partial charge on any atom is 0.231 e. The van der Waals surface area contributed by atoms with Crippen LogP contribution >= 0.6 is 0 Å². The minimum absolute atomic E-state index is 0.0480. The molecular formula is C17H15NO3. The number of nitrogens with zero attached hydrogens (tertiary/aromatic N) is 1. The number of ketones is 1. The lowest BCUT2D eigenvalue weighted by Crippen LogP contribution is -2.20. The lowest BCUT2D eigenvalue weighted by atomic mass is 9.99. The average molecular weight is 281 g/mol. The van der Waals surface area contributed by atoms with Crippen molar-refractivity contribution in [2.45, 2.75) is 6.42 Å². The molecule has 0 fully saturated rings. The zero-order valence-corrected chi connectivity index (χ0v) is 11.9. The van der Waals surface area contributed by atoms with Crippen molar-refractivity contribution in [2.75, 3.05) is 19.1 Å². The van der Waals surface area contributed by atoms with Gasteiger partial charge in [-0.2, -0.15) is 0 Å². The average Bonchev–Trinajstić information content (AvgIpc) is 2.80. The van der Waals surface area contributed by atoms with Gasteiger partial charge in [0.15, 0.2) is 5.78 Å². The van der Waals surface area contributed by atoms with E-state index in [1.807, 2.05) is 12.1 Å².